The Balaban J connectivity index is 1.74. The van der Waals surface area contributed by atoms with Crippen LogP contribution in [0.2, 0.25) is 0 Å². The Bertz CT molecular complexity index is 839. The van der Waals surface area contributed by atoms with Gasteiger partial charge in [-0.25, -0.2) is 4.98 Å². The summed E-state index contributed by atoms with van der Waals surface area (Å²) in [5, 5.41) is 5.91. The summed E-state index contributed by atoms with van der Waals surface area (Å²) in [5.41, 5.74) is 3.85. The molecule has 0 saturated carbocycles. The van der Waals surface area contributed by atoms with Gasteiger partial charge in [-0.15, -0.1) is 11.3 Å². The maximum Gasteiger partial charge on any atom is 0.224 e. The highest BCUT2D eigenvalue weighted by Gasteiger charge is 2.08. The first-order chi connectivity index (χ1) is 12.2. The number of ether oxygens (including phenoxy) is 1. The Morgan fingerprint density at radius 3 is 2.40 bits per heavy atom. The largest absolute Gasteiger partial charge is 0.497 e. The van der Waals surface area contributed by atoms with E-state index in [1.54, 1.807) is 18.4 Å². The zero-order chi connectivity index (χ0) is 17.6. The van der Waals surface area contributed by atoms with Crippen LogP contribution in [0.4, 0.5) is 5.69 Å². The van der Waals surface area contributed by atoms with Gasteiger partial charge in [-0.1, -0.05) is 19.1 Å². The minimum Gasteiger partial charge on any atom is -0.497 e. The number of anilines is 1. The second kappa shape index (κ2) is 7.94. The second-order valence-electron chi connectivity index (χ2n) is 5.64. The standard InChI is InChI=1S/C20H20N2O2S/c1-3-4-19(23)21-16-9-5-14(6-10-16)18-13-25-20(22-18)15-7-11-17(24-2)12-8-15/h5-13H,3-4H2,1-2H3,(H,21,23). The third-order valence-corrected chi connectivity index (χ3v) is 4.67. The van der Waals surface area contributed by atoms with Crippen LogP contribution in [0, 0.1) is 0 Å². The molecule has 0 unspecified atom stereocenters. The van der Waals surface area contributed by atoms with Crippen molar-refractivity contribution in [3.63, 3.8) is 0 Å². The van der Waals surface area contributed by atoms with Gasteiger partial charge in [0, 0.05) is 28.6 Å². The van der Waals surface area contributed by atoms with E-state index in [1.165, 1.54) is 0 Å². The maximum absolute atomic E-state index is 11.6. The van der Waals surface area contributed by atoms with E-state index < -0.39 is 0 Å². The number of carbonyl (C=O) groups excluding carboxylic acids is 1. The SMILES string of the molecule is CCCC(=O)Nc1ccc(-c2csc(-c3ccc(OC)cc3)n2)cc1. The van der Waals surface area contributed by atoms with E-state index in [2.05, 4.69) is 5.32 Å². The van der Waals surface area contributed by atoms with E-state index in [9.17, 15) is 4.79 Å². The molecule has 5 heteroatoms. The highest BCUT2D eigenvalue weighted by molar-refractivity contribution is 7.13. The Hall–Kier alpha value is -2.66. The first-order valence-electron chi connectivity index (χ1n) is 8.20. The van der Waals surface area contributed by atoms with Gasteiger partial charge in [0.15, 0.2) is 0 Å². The van der Waals surface area contributed by atoms with Crippen molar-refractivity contribution in [3.8, 4) is 27.6 Å². The summed E-state index contributed by atoms with van der Waals surface area (Å²) in [6.45, 7) is 1.99. The summed E-state index contributed by atoms with van der Waals surface area (Å²) in [7, 11) is 1.66. The van der Waals surface area contributed by atoms with Crippen LogP contribution < -0.4 is 10.1 Å². The highest BCUT2D eigenvalue weighted by atomic mass is 32.1. The quantitative estimate of drug-likeness (QED) is 0.661. The summed E-state index contributed by atoms with van der Waals surface area (Å²) in [5.74, 6) is 0.881. The molecule has 0 bridgehead atoms. The number of aromatic nitrogens is 1. The summed E-state index contributed by atoms with van der Waals surface area (Å²) >= 11 is 1.61. The average molecular weight is 352 g/mol. The van der Waals surface area contributed by atoms with Gasteiger partial charge in [-0.05, 0) is 42.8 Å². The zero-order valence-corrected chi connectivity index (χ0v) is 15.1. The average Bonchev–Trinajstić information content (AvgIpc) is 3.13. The van der Waals surface area contributed by atoms with Gasteiger partial charge >= 0.3 is 0 Å². The highest BCUT2D eigenvalue weighted by Crippen LogP contribution is 2.30. The van der Waals surface area contributed by atoms with Crippen LogP contribution in [-0.4, -0.2) is 18.0 Å². The van der Waals surface area contributed by atoms with Crippen molar-refractivity contribution in [3.05, 3.63) is 53.9 Å². The molecule has 1 amide bonds. The molecule has 1 N–H and O–H groups in total. The number of rotatable bonds is 6. The number of amides is 1. The number of thiazole rings is 1. The van der Waals surface area contributed by atoms with Crippen LogP contribution in [0.15, 0.2) is 53.9 Å². The van der Waals surface area contributed by atoms with Crippen molar-refractivity contribution in [2.24, 2.45) is 0 Å². The third-order valence-electron chi connectivity index (χ3n) is 3.78. The van der Waals surface area contributed by atoms with Crippen LogP contribution >= 0.6 is 11.3 Å². The first-order valence-corrected chi connectivity index (χ1v) is 9.08. The Morgan fingerprint density at radius 2 is 1.76 bits per heavy atom. The number of nitrogens with one attached hydrogen (secondary N) is 1. The van der Waals surface area contributed by atoms with Gasteiger partial charge in [0.1, 0.15) is 10.8 Å². The number of nitrogens with zero attached hydrogens (tertiary/aromatic N) is 1. The van der Waals surface area contributed by atoms with Crippen molar-refractivity contribution < 1.29 is 9.53 Å². The van der Waals surface area contributed by atoms with Gasteiger partial charge in [0.05, 0.1) is 12.8 Å². The lowest BCUT2D eigenvalue weighted by molar-refractivity contribution is -0.116. The van der Waals surface area contributed by atoms with Crippen LogP contribution in [-0.2, 0) is 4.79 Å². The van der Waals surface area contributed by atoms with Crippen LogP contribution in [0.5, 0.6) is 5.75 Å². The minimum atomic E-state index is 0.0469. The molecule has 3 rings (SSSR count). The molecule has 0 saturated heterocycles. The lowest BCUT2D eigenvalue weighted by Crippen LogP contribution is -2.10. The number of benzene rings is 2. The number of hydrogen-bond acceptors (Lipinski definition) is 4. The normalized spacial score (nSPS) is 10.5. The monoisotopic (exact) mass is 352 g/mol. The molecular weight excluding hydrogens is 332 g/mol. The molecule has 1 aromatic heterocycles. The maximum atomic E-state index is 11.6. The summed E-state index contributed by atoms with van der Waals surface area (Å²) in [6.07, 6.45) is 1.38. The molecule has 0 atom stereocenters. The summed E-state index contributed by atoms with van der Waals surface area (Å²) in [6, 6.07) is 15.7. The number of hydrogen-bond donors (Lipinski definition) is 1. The molecule has 25 heavy (non-hydrogen) atoms. The molecule has 0 spiro atoms. The van der Waals surface area contributed by atoms with E-state index >= 15 is 0 Å². The van der Waals surface area contributed by atoms with E-state index in [0.717, 1.165) is 39.7 Å². The fourth-order valence-corrected chi connectivity index (χ4v) is 3.28. The molecule has 4 nitrogen and oxygen atoms in total. The number of carbonyl (C=O) groups is 1. The van der Waals surface area contributed by atoms with Gasteiger partial charge < -0.3 is 10.1 Å². The van der Waals surface area contributed by atoms with Gasteiger partial charge in [0.25, 0.3) is 0 Å². The van der Waals surface area contributed by atoms with E-state index in [-0.39, 0.29) is 5.91 Å². The van der Waals surface area contributed by atoms with Crippen molar-refractivity contribution >= 4 is 22.9 Å². The Morgan fingerprint density at radius 1 is 1.08 bits per heavy atom. The Labute approximate surface area is 151 Å². The molecule has 3 aromatic rings. The molecule has 0 fully saturated rings. The topological polar surface area (TPSA) is 51.2 Å². The van der Waals surface area contributed by atoms with E-state index in [1.807, 2.05) is 60.8 Å². The van der Waals surface area contributed by atoms with E-state index in [0.29, 0.717) is 6.42 Å². The lowest BCUT2D eigenvalue weighted by atomic mass is 10.1. The van der Waals surface area contributed by atoms with Crippen molar-refractivity contribution in [1.82, 2.24) is 4.98 Å². The smallest absolute Gasteiger partial charge is 0.224 e. The second-order valence-corrected chi connectivity index (χ2v) is 6.50. The molecule has 128 valence electrons. The fraction of sp³-hybridized carbons (Fsp3) is 0.200. The predicted molar refractivity (Wildman–Crippen MR) is 103 cm³/mol. The van der Waals surface area contributed by atoms with Crippen LogP contribution in [0.3, 0.4) is 0 Å². The summed E-state index contributed by atoms with van der Waals surface area (Å²) < 4.78 is 5.19. The molecule has 0 aliphatic heterocycles. The van der Waals surface area contributed by atoms with Gasteiger partial charge in [-0.3, -0.25) is 4.79 Å². The summed E-state index contributed by atoms with van der Waals surface area (Å²) in [4.78, 5) is 16.4. The van der Waals surface area contributed by atoms with Crippen molar-refractivity contribution in [1.29, 1.82) is 0 Å². The molecule has 2 aromatic carbocycles. The first kappa shape index (κ1) is 17.2. The molecule has 0 aliphatic carbocycles. The number of methoxy groups -OCH3 is 1. The minimum absolute atomic E-state index is 0.0469. The lowest BCUT2D eigenvalue weighted by Gasteiger charge is -2.05. The Kier molecular flexibility index (Phi) is 5.46. The fourth-order valence-electron chi connectivity index (χ4n) is 2.45. The third kappa shape index (κ3) is 4.25. The molecule has 0 aliphatic rings. The predicted octanol–water partition coefficient (Wildman–Crippen LogP) is 5.22. The van der Waals surface area contributed by atoms with Crippen molar-refractivity contribution in [2.45, 2.75) is 19.8 Å². The molecular formula is C20H20N2O2S. The molecule has 1 heterocycles. The zero-order valence-electron chi connectivity index (χ0n) is 14.3. The van der Waals surface area contributed by atoms with Gasteiger partial charge in [-0.2, -0.15) is 0 Å². The van der Waals surface area contributed by atoms with Crippen LogP contribution in [0.25, 0.3) is 21.8 Å². The molecule has 0 radical (unpaired) electrons. The van der Waals surface area contributed by atoms with E-state index in [4.69, 9.17) is 9.72 Å². The van der Waals surface area contributed by atoms with Gasteiger partial charge in [0.2, 0.25) is 5.91 Å². The van der Waals surface area contributed by atoms with Crippen molar-refractivity contribution in [2.75, 3.05) is 12.4 Å². The van der Waals surface area contributed by atoms with Crippen LogP contribution in [0.1, 0.15) is 19.8 Å².